The molecule has 1 aliphatic rings. The molecule has 25 heavy (non-hydrogen) atoms. The highest BCUT2D eigenvalue weighted by Gasteiger charge is 2.28. The molecule has 2 aromatic carbocycles. The smallest absolute Gasteiger partial charge is 0.263 e. The highest BCUT2D eigenvalue weighted by Crippen LogP contribution is 2.21. The van der Waals surface area contributed by atoms with Crippen LogP contribution in [0.2, 0.25) is 0 Å². The summed E-state index contributed by atoms with van der Waals surface area (Å²) in [4.78, 5) is 16.6. The molecular weight excluding hydrogens is 319 g/mol. The Bertz CT molecular complexity index is 700. The van der Waals surface area contributed by atoms with Gasteiger partial charge in [0.05, 0.1) is 5.69 Å². The van der Waals surface area contributed by atoms with Crippen LogP contribution in [-0.4, -0.2) is 43.1 Å². The van der Waals surface area contributed by atoms with Crippen molar-refractivity contribution in [1.29, 1.82) is 0 Å². The SMILES string of the molecule is CC[C@@H](Oc1ccccc1)C(=O)N1CCN(c2ccccc2F)CC1. The molecule has 0 saturated carbocycles. The summed E-state index contributed by atoms with van der Waals surface area (Å²) in [5.74, 6) is 0.480. The van der Waals surface area contributed by atoms with Gasteiger partial charge in [0.25, 0.3) is 5.91 Å². The molecule has 0 bridgehead atoms. The van der Waals surface area contributed by atoms with Crippen LogP contribution in [0, 0.1) is 5.82 Å². The molecule has 5 heteroatoms. The lowest BCUT2D eigenvalue weighted by molar-refractivity contribution is -0.139. The molecule has 1 heterocycles. The van der Waals surface area contributed by atoms with Crippen LogP contribution in [-0.2, 0) is 4.79 Å². The molecular formula is C20H23FN2O2. The van der Waals surface area contributed by atoms with Gasteiger partial charge in [0.2, 0.25) is 0 Å². The van der Waals surface area contributed by atoms with Gasteiger partial charge in [-0.1, -0.05) is 37.3 Å². The number of ether oxygens (including phenoxy) is 1. The molecule has 1 amide bonds. The van der Waals surface area contributed by atoms with E-state index in [0.717, 1.165) is 0 Å². The van der Waals surface area contributed by atoms with Crippen molar-refractivity contribution in [2.24, 2.45) is 0 Å². The summed E-state index contributed by atoms with van der Waals surface area (Å²) in [6.07, 6.45) is 0.128. The Balaban J connectivity index is 1.59. The van der Waals surface area contributed by atoms with Crippen molar-refractivity contribution in [3.05, 3.63) is 60.4 Å². The van der Waals surface area contributed by atoms with Gasteiger partial charge in [-0.05, 0) is 30.7 Å². The van der Waals surface area contributed by atoms with Crippen LogP contribution in [0.5, 0.6) is 5.75 Å². The molecule has 1 saturated heterocycles. The van der Waals surface area contributed by atoms with Gasteiger partial charge in [-0.2, -0.15) is 0 Å². The fraction of sp³-hybridized carbons (Fsp3) is 0.350. The van der Waals surface area contributed by atoms with Crippen LogP contribution in [0.1, 0.15) is 13.3 Å². The van der Waals surface area contributed by atoms with Gasteiger partial charge < -0.3 is 14.5 Å². The molecule has 3 rings (SSSR count). The van der Waals surface area contributed by atoms with E-state index in [2.05, 4.69) is 0 Å². The number of halogens is 1. The molecule has 4 nitrogen and oxygen atoms in total. The Morgan fingerprint density at radius 1 is 1.04 bits per heavy atom. The number of benzene rings is 2. The van der Waals surface area contributed by atoms with Crippen LogP contribution < -0.4 is 9.64 Å². The summed E-state index contributed by atoms with van der Waals surface area (Å²) in [6, 6.07) is 16.2. The number of hydrogen-bond acceptors (Lipinski definition) is 3. The van der Waals surface area contributed by atoms with Gasteiger partial charge in [-0.3, -0.25) is 4.79 Å². The van der Waals surface area contributed by atoms with Crippen LogP contribution in [0.15, 0.2) is 54.6 Å². The lowest BCUT2D eigenvalue weighted by Crippen LogP contribution is -2.52. The maximum Gasteiger partial charge on any atom is 0.263 e. The minimum absolute atomic E-state index is 0.000429. The first-order valence-electron chi connectivity index (χ1n) is 8.69. The fourth-order valence-corrected chi connectivity index (χ4v) is 3.05. The second kappa shape index (κ2) is 8.01. The standard InChI is InChI=1S/C20H23FN2O2/c1-2-19(25-16-8-4-3-5-9-16)20(24)23-14-12-22(13-15-23)18-11-7-6-10-17(18)21/h3-11,19H,2,12-15H2,1H3/t19-/m1/s1. The number of amides is 1. The van der Waals surface area contributed by atoms with Crippen LogP contribution in [0.3, 0.4) is 0 Å². The lowest BCUT2D eigenvalue weighted by atomic mass is 10.2. The van der Waals surface area contributed by atoms with Crippen LogP contribution in [0.4, 0.5) is 10.1 Å². The molecule has 0 unspecified atom stereocenters. The monoisotopic (exact) mass is 342 g/mol. The number of hydrogen-bond donors (Lipinski definition) is 0. The van der Waals surface area contributed by atoms with Gasteiger partial charge in [0, 0.05) is 26.2 Å². The van der Waals surface area contributed by atoms with Crippen molar-refractivity contribution in [3.63, 3.8) is 0 Å². The van der Waals surface area contributed by atoms with E-state index in [-0.39, 0.29) is 11.7 Å². The Morgan fingerprint density at radius 2 is 1.68 bits per heavy atom. The van der Waals surface area contributed by atoms with E-state index in [4.69, 9.17) is 4.74 Å². The van der Waals surface area contributed by atoms with Gasteiger partial charge >= 0.3 is 0 Å². The molecule has 1 aliphatic heterocycles. The highest BCUT2D eigenvalue weighted by molar-refractivity contribution is 5.81. The zero-order chi connectivity index (χ0) is 17.6. The Hall–Kier alpha value is -2.56. The van der Waals surface area contributed by atoms with E-state index < -0.39 is 6.10 Å². The highest BCUT2D eigenvalue weighted by atomic mass is 19.1. The van der Waals surface area contributed by atoms with E-state index in [1.165, 1.54) is 6.07 Å². The average molecular weight is 342 g/mol. The number of anilines is 1. The largest absolute Gasteiger partial charge is 0.481 e. The number of nitrogens with zero attached hydrogens (tertiary/aromatic N) is 2. The molecule has 0 N–H and O–H groups in total. The Kier molecular flexibility index (Phi) is 5.53. The number of rotatable bonds is 5. The zero-order valence-electron chi connectivity index (χ0n) is 14.4. The number of carbonyl (C=O) groups is 1. The third-order valence-corrected chi connectivity index (χ3v) is 4.45. The maximum atomic E-state index is 13.9. The minimum atomic E-state index is -0.484. The van der Waals surface area contributed by atoms with Gasteiger partial charge in [0.15, 0.2) is 6.10 Å². The molecule has 0 radical (unpaired) electrons. The first-order chi connectivity index (χ1) is 12.2. The van der Waals surface area contributed by atoms with Crippen molar-refractivity contribution in [1.82, 2.24) is 4.90 Å². The summed E-state index contributed by atoms with van der Waals surface area (Å²) in [7, 11) is 0. The first-order valence-corrected chi connectivity index (χ1v) is 8.69. The zero-order valence-corrected chi connectivity index (χ0v) is 14.4. The first kappa shape index (κ1) is 17.3. The molecule has 132 valence electrons. The second-order valence-electron chi connectivity index (χ2n) is 6.09. The minimum Gasteiger partial charge on any atom is -0.481 e. The Morgan fingerprint density at radius 3 is 2.32 bits per heavy atom. The van der Waals surface area contributed by atoms with E-state index >= 15 is 0 Å². The van der Waals surface area contributed by atoms with Gasteiger partial charge in [0.1, 0.15) is 11.6 Å². The molecule has 0 aliphatic carbocycles. The molecule has 0 spiro atoms. The van der Waals surface area contributed by atoms with Crippen LogP contribution in [0.25, 0.3) is 0 Å². The van der Waals surface area contributed by atoms with E-state index in [1.54, 1.807) is 12.1 Å². The number of carbonyl (C=O) groups excluding carboxylic acids is 1. The van der Waals surface area contributed by atoms with Crippen molar-refractivity contribution in [2.45, 2.75) is 19.4 Å². The average Bonchev–Trinajstić information content (AvgIpc) is 2.67. The summed E-state index contributed by atoms with van der Waals surface area (Å²) in [5, 5.41) is 0. The topological polar surface area (TPSA) is 32.8 Å². The third kappa shape index (κ3) is 4.10. The number of piperazine rings is 1. The Labute approximate surface area is 147 Å². The van der Waals surface area contributed by atoms with E-state index in [9.17, 15) is 9.18 Å². The van der Waals surface area contributed by atoms with E-state index in [1.807, 2.05) is 53.1 Å². The number of para-hydroxylation sites is 2. The molecule has 1 atom stereocenters. The predicted molar refractivity (Wildman–Crippen MR) is 96.3 cm³/mol. The van der Waals surface area contributed by atoms with Crippen molar-refractivity contribution in [2.75, 3.05) is 31.1 Å². The molecule has 0 aromatic heterocycles. The van der Waals surface area contributed by atoms with Gasteiger partial charge in [-0.15, -0.1) is 0 Å². The predicted octanol–water partition coefficient (Wildman–Crippen LogP) is 3.33. The lowest BCUT2D eigenvalue weighted by Gasteiger charge is -2.37. The fourth-order valence-electron chi connectivity index (χ4n) is 3.05. The summed E-state index contributed by atoms with van der Waals surface area (Å²) in [5.41, 5.74) is 0.599. The molecule has 2 aromatic rings. The normalized spacial score (nSPS) is 15.8. The maximum absolute atomic E-state index is 13.9. The van der Waals surface area contributed by atoms with E-state index in [0.29, 0.717) is 44.0 Å². The van der Waals surface area contributed by atoms with Gasteiger partial charge in [-0.25, -0.2) is 4.39 Å². The second-order valence-corrected chi connectivity index (χ2v) is 6.09. The summed E-state index contributed by atoms with van der Waals surface area (Å²) in [6.45, 7) is 4.33. The molecule has 1 fully saturated rings. The van der Waals surface area contributed by atoms with Crippen molar-refractivity contribution < 1.29 is 13.9 Å². The third-order valence-electron chi connectivity index (χ3n) is 4.45. The van der Waals surface area contributed by atoms with Crippen molar-refractivity contribution in [3.8, 4) is 5.75 Å². The summed E-state index contributed by atoms with van der Waals surface area (Å²) >= 11 is 0. The summed E-state index contributed by atoms with van der Waals surface area (Å²) < 4.78 is 19.8. The quantitative estimate of drug-likeness (QED) is 0.835. The van der Waals surface area contributed by atoms with Crippen LogP contribution >= 0.6 is 0 Å². The van der Waals surface area contributed by atoms with Crippen molar-refractivity contribution >= 4 is 11.6 Å².